The minimum atomic E-state index is -0.496. The molecule has 1 aliphatic heterocycles. The smallest absolute Gasteiger partial charge is 0.334 e. The molecular formula is C20H24O5. The number of hydrogen-bond acceptors (Lipinski definition) is 5. The summed E-state index contributed by atoms with van der Waals surface area (Å²) in [6, 6.07) is 0. The van der Waals surface area contributed by atoms with E-state index in [9.17, 15) is 9.59 Å². The summed E-state index contributed by atoms with van der Waals surface area (Å²) >= 11 is 0. The Labute approximate surface area is 147 Å². The van der Waals surface area contributed by atoms with Gasteiger partial charge in [0.1, 0.15) is 12.2 Å². The van der Waals surface area contributed by atoms with E-state index in [0.29, 0.717) is 17.6 Å². The van der Waals surface area contributed by atoms with E-state index in [1.165, 1.54) is 6.08 Å². The first-order valence-electron chi connectivity index (χ1n) is 8.58. The maximum absolute atomic E-state index is 12.0. The number of ether oxygens (including phenoxy) is 2. The Balaban J connectivity index is 1.82. The van der Waals surface area contributed by atoms with Crippen molar-refractivity contribution in [2.75, 3.05) is 6.61 Å². The summed E-state index contributed by atoms with van der Waals surface area (Å²) in [6.07, 6.45) is 2.76. The summed E-state index contributed by atoms with van der Waals surface area (Å²) in [4.78, 5) is 24.0. The van der Waals surface area contributed by atoms with Crippen LogP contribution in [0.25, 0.3) is 0 Å². The number of carbonyl (C=O) groups excluding carboxylic acids is 2. The van der Waals surface area contributed by atoms with Crippen LogP contribution in [0.15, 0.2) is 48.1 Å². The van der Waals surface area contributed by atoms with Crippen molar-refractivity contribution >= 4 is 11.9 Å². The highest BCUT2D eigenvalue weighted by Crippen LogP contribution is 2.52. The third kappa shape index (κ3) is 3.09. The van der Waals surface area contributed by atoms with E-state index in [2.05, 4.69) is 19.7 Å². The summed E-state index contributed by atoms with van der Waals surface area (Å²) < 4.78 is 11.1. The first-order chi connectivity index (χ1) is 11.8. The molecule has 1 N–H and O–H groups in total. The maximum atomic E-state index is 12.0. The predicted octanol–water partition coefficient (Wildman–Crippen LogP) is 2.48. The molecule has 134 valence electrons. The van der Waals surface area contributed by atoms with E-state index >= 15 is 0 Å². The van der Waals surface area contributed by atoms with E-state index in [-0.39, 0.29) is 36.4 Å². The molecule has 0 radical (unpaired) electrons. The minimum absolute atomic E-state index is 0.0259. The Bertz CT molecular complexity index is 686. The summed E-state index contributed by atoms with van der Waals surface area (Å²) in [5.74, 6) is -0.868. The van der Waals surface area contributed by atoms with Gasteiger partial charge in [-0.3, -0.25) is 0 Å². The fourth-order valence-electron chi connectivity index (χ4n) is 4.23. The first-order valence-corrected chi connectivity index (χ1v) is 8.58. The highest BCUT2D eigenvalue weighted by atomic mass is 16.6. The molecule has 0 aromatic rings. The lowest BCUT2D eigenvalue weighted by Gasteiger charge is -2.26. The van der Waals surface area contributed by atoms with Crippen molar-refractivity contribution in [1.82, 2.24) is 0 Å². The van der Waals surface area contributed by atoms with Crippen LogP contribution in [0.5, 0.6) is 0 Å². The maximum Gasteiger partial charge on any atom is 0.334 e. The highest BCUT2D eigenvalue weighted by Gasteiger charge is 2.53. The Kier molecular flexibility index (Phi) is 4.69. The van der Waals surface area contributed by atoms with E-state index in [1.54, 1.807) is 6.92 Å². The quantitative estimate of drug-likeness (QED) is 0.484. The average molecular weight is 344 g/mol. The molecule has 25 heavy (non-hydrogen) atoms. The molecule has 2 aliphatic carbocycles. The lowest BCUT2D eigenvalue weighted by molar-refractivity contribution is -0.142. The Hall–Kier alpha value is -2.14. The van der Waals surface area contributed by atoms with E-state index in [4.69, 9.17) is 14.6 Å². The largest absolute Gasteiger partial charge is 0.458 e. The van der Waals surface area contributed by atoms with Crippen molar-refractivity contribution in [2.24, 2.45) is 17.8 Å². The standard InChI is InChI=1S/C20H24O5/c1-10(9-21)7-17(22)24-16-8-15-11(2)5-6-14-12(3)20(23)25-19(14)18(15)13(16)4/h7,14-16,18-19,21H,2-6,8-9H2,1H3/b10-7+/t14-,15-,16+,18-,19-/m0/s1. The van der Waals surface area contributed by atoms with Crippen LogP contribution in [0.1, 0.15) is 26.2 Å². The van der Waals surface area contributed by atoms with Crippen LogP contribution in [-0.2, 0) is 19.1 Å². The third-order valence-corrected chi connectivity index (χ3v) is 5.62. The fourth-order valence-corrected chi connectivity index (χ4v) is 4.23. The molecule has 2 saturated carbocycles. The van der Waals surface area contributed by atoms with Gasteiger partial charge in [0.25, 0.3) is 0 Å². The van der Waals surface area contributed by atoms with Gasteiger partial charge in [-0.2, -0.15) is 0 Å². The number of aliphatic hydroxyl groups excluding tert-OH is 1. The SMILES string of the molecule is C=C1[C@@H]2[C@H]3OC(=O)C(=C)[C@@H]3CCC(=C)[C@@H]2C[C@H]1OC(=O)/C=C(\C)CO. The van der Waals surface area contributed by atoms with Crippen molar-refractivity contribution in [1.29, 1.82) is 0 Å². The van der Waals surface area contributed by atoms with Crippen molar-refractivity contribution in [3.8, 4) is 0 Å². The zero-order valence-corrected chi connectivity index (χ0v) is 14.5. The van der Waals surface area contributed by atoms with Gasteiger partial charge >= 0.3 is 11.9 Å². The lowest BCUT2D eigenvalue weighted by Crippen LogP contribution is -2.29. The molecule has 0 spiro atoms. The summed E-state index contributed by atoms with van der Waals surface area (Å²) in [7, 11) is 0. The molecule has 3 aliphatic rings. The van der Waals surface area contributed by atoms with Gasteiger partial charge in [0.15, 0.2) is 0 Å². The van der Waals surface area contributed by atoms with Crippen molar-refractivity contribution in [3.05, 3.63) is 48.1 Å². The van der Waals surface area contributed by atoms with Crippen LogP contribution in [0.2, 0.25) is 0 Å². The molecule has 1 saturated heterocycles. The Morgan fingerprint density at radius 3 is 2.76 bits per heavy atom. The van der Waals surface area contributed by atoms with Crippen LogP contribution in [0.4, 0.5) is 0 Å². The number of aliphatic hydroxyl groups is 1. The van der Waals surface area contributed by atoms with E-state index in [0.717, 1.165) is 24.0 Å². The molecule has 0 aromatic carbocycles. The molecule has 5 heteroatoms. The van der Waals surface area contributed by atoms with Crippen molar-refractivity contribution in [2.45, 2.75) is 38.4 Å². The molecule has 0 amide bonds. The summed E-state index contributed by atoms with van der Waals surface area (Å²) in [5.41, 5.74) is 2.92. The average Bonchev–Trinajstić information content (AvgIpc) is 2.98. The van der Waals surface area contributed by atoms with Gasteiger partial charge in [-0.1, -0.05) is 25.3 Å². The highest BCUT2D eigenvalue weighted by molar-refractivity contribution is 5.91. The number of esters is 2. The number of allylic oxidation sites excluding steroid dienone is 1. The Morgan fingerprint density at radius 2 is 2.08 bits per heavy atom. The first kappa shape index (κ1) is 17.7. The number of carbonyl (C=O) groups is 2. The van der Waals surface area contributed by atoms with Crippen LogP contribution >= 0.6 is 0 Å². The van der Waals surface area contributed by atoms with E-state index < -0.39 is 12.1 Å². The van der Waals surface area contributed by atoms with Gasteiger partial charge in [0, 0.05) is 23.5 Å². The van der Waals surface area contributed by atoms with Gasteiger partial charge in [-0.25, -0.2) is 9.59 Å². The van der Waals surface area contributed by atoms with Gasteiger partial charge in [0.2, 0.25) is 0 Å². The van der Waals surface area contributed by atoms with Crippen LogP contribution < -0.4 is 0 Å². The minimum Gasteiger partial charge on any atom is -0.458 e. The topological polar surface area (TPSA) is 72.8 Å². The molecule has 1 heterocycles. The summed E-state index contributed by atoms with van der Waals surface area (Å²) in [5, 5.41) is 9.02. The predicted molar refractivity (Wildman–Crippen MR) is 92.3 cm³/mol. The zero-order valence-electron chi connectivity index (χ0n) is 14.5. The lowest BCUT2D eigenvalue weighted by atomic mass is 9.82. The normalized spacial score (nSPS) is 35.1. The molecule has 0 bridgehead atoms. The van der Waals surface area contributed by atoms with Gasteiger partial charge in [-0.15, -0.1) is 0 Å². The fraction of sp³-hybridized carbons (Fsp3) is 0.500. The number of hydrogen-bond donors (Lipinski definition) is 1. The summed E-state index contributed by atoms with van der Waals surface area (Å²) in [6.45, 7) is 13.7. The third-order valence-electron chi connectivity index (χ3n) is 5.62. The van der Waals surface area contributed by atoms with Crippen LogP contribution in [-0.4, -0.2) is 35.9 Å². The molecule has 0 aromatic heterocycles. The Morgan fingerprint density at radius 1 is 1.36 bits per heavy atom. The molecule has 3 rings (SSSR count). The number of rotatable bonds is 3. The second kappa shape index (κ2) is 6.64. The van der Waals surface area contributed by atoms with Crippen molar-refractivity contribution < 1.29 is 24.2 Å². The van der Waals surface area contributed by atoms with Gasteiger partial charge < -0.3 is 14.6 Å². The zero-order chi connectivity index (χ0) is 18.3. The molecule has 3 fully saturated rings. The van der Waals surface area contributed by atoms with Gasteiger partial charge in [-0.05, 0) is 43.3 Å². The van der Waals surface area contributed by atoms with Crippen LogP contribution in [0.3, 0.4) is 0 Å². The second-order valence-electron chi connectivity index (χ2n) is 7.22. The van der Waals surface area contributed by atoms with E-state index in [1.807, 2.05) is 0 Å². The second-order valence-corrected chi connectivity index (χ2v) is 7.22. The molecule has 5 nitrogen and oxygen atoms in total. The van der Waals surface area contributed by atoms with Crippen molar-refractivity contribution in [3.63, 3.8) is 0 Å². The molecule has 5 atom stereocenters. The molecular weight excluding hydrogens is 320 g/mol. The molecule has 0 unspecified atom stereocenters. The monoisotopic (exact) mass is 344 g/mol. The number of fused-ring (bicyclic) bond motifs is 3. The van der Waals surface area contributed by atoms with Gasteiger partial charge in [0.05, 0.1) is 6.61 Å². The van der Waals surface area contributed by atoms with Crippen LogP contribution in [0, 0.1) is 17.8 Å².